The molecule has 0 spiro atoms. The molecule has 1 heterocycles. The van der Waals surface area contributed by atoms with Crippen LogP contribution in [0.15, 0.2) is 72.4 Å². The number of hydrogen-bond acceptors (Lipinski definition) is 4. The lowest BCUT2D eigenvalue weighted by Crippen LogP contribution is -2.32. The van der Waals surface area contributed by atoms with Crippen molar-refractivity contribution in [2.45, 2.75) is 47.1 Å². The molecule has 0 atom stereocenters. The van der Waals surface area contributed by atoms with E-state index in [-0.39, 0.29) is 23.6 Å². The SMILES string of the molecule is CCc1ccc(N2C(=O)C(Nc3ccc(C)c(C)c3)=C(c3ccc(OC(C)C)cc3)C2=O)cc1. The summed E-state index contributed by atoms with van der Waals surface area (Å²) < 4.78 is 5.74. The van der Waals surface area contributed by atoms with Gasteiger partial charge in [-0.25, -0.2) is 4.90 Å². The van der Waals surface area contributed by atoms with E-state index in [1.165, 1.54) is 4.90 Å². The highest BCUT2D eigenvalue weighted by Crippen LogP contribution is 2.35. The number of nitrogens with one attached hydrogen (secondary N) is 1. The van der Waals surface area contributed by atoms with Crippen molar-refractivity contribution in [2.75, 3.05) is 10.2 Å². The van der Waals surface area contributed by atoms with E-state index in [9.17, 15) is 9.59 Å². The Bertz CT molecular complexity index is 1260. The zero-order valence-corrected chi connectivity index (χ0v) is 20.3. The number of hydrogen-bond donors (Lipinski definition) is 1. The minimum atomic E-state index is -0.370. The maximum absolute atomic E-state index is 13.6. The first-order chi connectivity index (χ1) is 16.3. The highest BCUT2D eigenvalue weighted by molar-refractivity contribution is 6.46. The summed E-state index contributed by atoms with van der Waals surface area (Å²) >= 11 is 0. The molecule has 1 N–H and O–H groups in total. The molecule has 34 heavy (non-hydrogen) atoms. The van der Waals surface area contributed by atoms with E-state index >= 15 is 0 Å². The van der Waals surface area contributed by atoms with Gasteiger partial charge in [-0.2, -0.15) is 0 Å². The van der Waals surface area contributed by atoms with Crippen LogP contribution in [-0.4, -0.2) is 17.9 Å². The quantitative estimate of drug-likeness (QED) is 0.442. The van der Waals surface area contributed by atoms with Gasteiger partial charge in [0.25, 0.3) is 11.8 Å². The Morgan fingerprint density at radius 2 is 1.53 bits per heavy atom. The van der Waals surface area contributed by atoms with Gasteiger partial charge in [-0.3, -0.25) is 9.59 Å². The molecule has 0 aromatic heterocycles. The minimum Gasteiger partial charge on any atom is -0.491 e. The molecule has 5 heteroatoms. The number of anilines is 2. The predicted octanol–water partition coefficient (Wildman–Crippen LogP) is 6.05. The van der Waals surface area contributed by atoms with Crippen LogP contribution in [0.3, 0.4) is 0 Å². The number of rotatable bonds is 7. The fourth-order valence-electron chi connectivity index (χ4n) is 3.96. The Balaban J connectivity index is 1.77. The average molecular weight is 455 g/mol. The van der Waals surface area contributed by atoms with Crippen molar-refractivity contribution in [1.29, 1.82) is 0 Å². The Kier molecular flexibility index (Phi) is 6.55. The van der Waals surface area contributed by atoms with Gasteiger partial charge in [0.1, 0.15) is 11.4 Å². The molecule has 0 radical (unpaired) electrons. The van der Waals surface area contributed by atoms with Gasteiger partial charge >= 0.3 is 0 Å². The zero-order chi connectivity index (χ0) is 24.4. The lowest BCUT2D eigenvalue weighted by molar-refractivity contribution is -0.120. The molecule has 0 saturated carbocycles. The van der Waals surface area contributed by atoms with Crippen LogP contribution in [0.4, 0.5) is 11.4 Å². The van der Waals surface area contributed by atoms with Gasteiger partial charge in [-0.05, 0) is 92.8 Å². The summed E-state index contributed by atoms with van der Waals surface area (Å²) in [7, 11) is 0. The van der Waals surface area contributed by atoms with Crippen molar-refractivity contribution in [3.8, 4) is 5.75 Å². The molecule has 5 nitrogen and oxygen atoms in total. The van der Waals surface area contributed by atoms with E-state index < -0.39 is 0 Å². The maximum Gasteiger partial charge on any atom is 0.282 e. The first-order valence-electron chi connectivity index (χ1n) is 11.6. The van der Waals surface area contributed by atoms with Gasteiger partial charge < -0.3 is 10.1 Å². The highest BCUT2D eigenvalue weighted by Gasteiger charge is 2.40. The number of amides is 2. The normalized spacial score (nSPS) is 13.8. The van der Waals surface area contributed by atoms with Crippen LogP contribution < -0.4 is 15.0 Å². The maximum atomic E-state index is 13.6. The molecule has 1 aliphatic heterocycles. The Morgan fingerprint density at radius 1 is 0.853 bits per heavy atom. The number of carbonyl (C=O) groups excluding carboxylic acids is 2. The standard InChI is InChI=1S/C29H30N2O3/c1-6-21-8-13-24(14-9-21)31-28(32)26(22-10-15-25(16-11-22)34-18(2)3)27(29(31)33)30-23-12-7-19(4)20(5)17-23/h7-18,30H,6H2,1-5H3. The number of imide groups is 1. The Labute approximate surface area is 201 Å². The number of carbonyl (C=O) groups is 2. The van der Waals surface area contributed by atoms with E-state index in [2.05, 4.69) is 12.2 Å². The third kappa shape index (κ3) is 4.60. The molecule has 1 aliphatic rings. The predicted molar refractivity (Wildman–Crippen MR) is 137 cm³/mol. The summed E-state index contributed by atoms with van der Waals surface area (Å²) in [5.41, 5.74) is 6.00. The molecule has 0 aliphatic carbocycles. The van der Waals surface area contributed by atoms with Crippen LogP contribution in [0.25, 0.3) is 5.57 Å². The van der Waals surface area contributed by atoms with Crippen LogP contribution in [-0.2, 0) is 16.0 Å². The van der Waals surface area contributed by atoms with E-state index in [1.807, 2.05) is 94.4 Å². The van der Waals surface area contributed by atoms with Crippen LogP contribution in [0.5, 0.6) is 5.75 Å². The monoisotopic (exact) mass is 454 g/mol. The first kappa shape index (κ1) is 23.3. The van der Waals surface area contributed by atoms with E-state index in [0.717, 1.165) is 28.8 Å². The summed E-state index contributed by atoms with van der Waals surface area (Å²) in [6.45, 7) is 10.0. The van der Waals surface area contributed by atoms with Crippen molar-refractivity contribution in [3.63, 3.8) is 0 Å². The second-order valence-electron chi connectivity index (χ2n) is 8.83. The largest absolute Gasteiger partial charge is 0.491 e. The van der Waals surface area contributed by atoms with Gasteiger partial charge in [0.2, 0.25) is 0 Å². The van der Waals surface area contributed by atoms with E-state index in [0.29, 0.717) is 22.6 Å². The number of aryl methyl sites for hydroxylation is 3. The summed E-state index contributed by atoms with van der Waals surface area (Å²) in [6.07, 6.45) is 0.930. The molecular formula is C29H30N2O3. The van der Waals surface area contributed by atoms with Gasteiger partial charge in [0.05, 0.1) is 17.4 Å². The number of ether oxygens (including phenoxy) is 1. The second-order valence-corrected chi connectivity index (χ2v) is 8.83. The zero-order valence-electron chi connectivity index (χ0n) is 20.3. The molecule has 174 valence electrons. The van der Waals surface area contributed by atoms with Crippen molar-refractivity contribution >= 4 is 28.8 Å². The molecule has 0 fully saturated rings. The van der Waals surface area contributed by atoms with Crippen molar-refractivity contribution in [3.05, 3.63) is 94.7 Å². The molecule has 0 bridgehead atoms. The summed E-state index contributed by atoms with van der Waals surface area (Å²) in [5, 5.41) is 3.24. The molecular weight excluding hydrogens is 424 g/mol. The highest BCUT2D eigenvalue weighted by atomic mass is 16.5. The Morgan fingerprint density at radius 3 is 2.12 bits per heavy atom. The number of nitrogens with zero attached hydrogens (tertiary/aromatic N) is 1. The summed E-state index contributed by atoms with van der Waals surface area (Å²) in [5.74, 6) is -0.00473. The van der Waals surface area contributed by atoms with Crippen LogP contribution in [0.1, 0.15) is 43.0 Å². The molecule has 2 amide bonds. The van der Waals surface area contributed by atoms with Gasteiger partial charge in [0.15, 0.2) is 0 Å². The lowest BCUT2D eigenvalue weighted by Gasteiger charge is -2.16. The number of benzene rings is 3. The third-order valence-electron chi connectivity index (χ3n) is 5.98. The smallest absolute Gasteiger partial charge is 0.282 e. The van der Waals surface area contributed by atoms with Crippen molar-refractivity contribution < 1.29 is 14.3 Å². The third-order valence-corrected chi connectivity index (χ3v) is 5.98. The van der Waals surface area contributed by atoms with Crippen LogP contribution in [0, 0.1) is 13.8 Å². The first-order valence-corrected chi connectivity index (χ1v) is 11.6. The van der Waals surface area contributed by atoms with Crippen LogP contribution in [0.2, 0.25) is 0 Å². The van der Waals surface area contributed by atoms with E-state index in [4.69, 9.17) is 4.74 Å². The van der Waals surface area contributed by atoms with Crippen molar-refractivity contribution in [1.82, 2.24) is 0 Å². The van der Waals surface area contributed by atoms with Gasteiger partial charge in [0, 0.05) is 5.69 Å². The molecule has 4 rings (SSSR count). The molecule has 3 aromatic rings. The Hall–Kier alpha value is -3.86. The summed E-state index contributed by atoms with van der Waals surface area (Å²) in [4.78, 5) is 28.5. The van der Waals surface area contributed by atoms with Crippen molar-refractivity contribution in [2.24, 2.45) is 0 Å². The molecule has 0 saturated heterocycles. The van der Waals surface area contributed by atoms with E-state index in [1.54, 1.807) is 0 Å². The fraction of sp³-hybridized carbons (Fsp3) is 0.241. The van der Waals surface area contributed by atoms with Gasteiger partial charge in [-0.1, -0.05) is 37.3 Å². The van der Waals surface area contributed by atoms with Gasteiger partial charge in [-0.15, -0.1) is 0 Å². The lowest BCUT2D eigenvalue weighted by atomic mass is 10.0. The second kappa shape index (κ2) is 9.56. The fourth-order valence-corrected chi connectivity index (χ4v) is 3.96. The minimum absolute atomic E-state index is 0.0448. The van der Waals surface area contributed by atoms with Crippen LogP contribution >= 0.6 is 0 Å². The average Bonchev–Trinajstić information content (AvgIpc) is 3.06. The topological polar surface area (TPSA) is 58.6 Å². The molecule has 0 unspecified atom stereocenters. The summed E-state index contributed by atoms with van der Waals surface area (Å²) in [6, 6.07) is 20.7. The molecule has 3 aromatic carbocycles.